The largest absolute Gasteiger partial charge is 0.231 e. The first kappa shape index (κ1) is 12.9. The van der Waals surface area contributed by atoms with Gasteiger partial charge in [0, 0.05) is 10.8 Å². The van der Waals surface area contributed by atoms with Crippen LogP contribution in [0.2, 0.25) is 0 Å². The van der Waals surface area contributed by atoms with Crippen LogP contribution >= 0.6 is 0 Å². The van der Waals surface area contributed by atoms with E-state index in [1.165, 1.54) is 16.7 Å². The number of aromatic nitrogens is 3. The lowest BCUT2D eigenvalue weighted by atomic mass is 9.86. The smallest absolute Gasteiger partial charge is 0.182 e. The zero-order valence-corrected chi connectivity index (χ0v) is 12.3. The molecule has 0 saturated carbocycles. The van der Waals surface area contributed by atoms with Crippen molar-refractivity contribution in [2.45, 2.75) is 53.9 Å². The highest BCUT2D eigenvalue weighted by molar-refractivity contribution is 5.83. The molecule has 0 aliphatic rings. The molecular weight excluding hydrogens is 222 g/mol. The van der Waals surface area contributed by atoms with Crippen LogP contribution in [-0.4, -0.2) is 15.2 Å². The Kier molecular flexibility index (Phi) is 2.88. The molecule has 0 atom stereocenters. The lowest BCUT2D eigenvalue weighted by Gasteiger charge is -2.22. The SMILES string of the molecule is Cc1nnc2nc(C(C)(C)C)c(C)c(C)c2c1C. The standard InChI is InChI=1S/C15H21N3/c1-8-9(2)13(15(5,6)7)16-14-12(8)10(3)11(4)17-18-14/h1-7H3. The summed E-state index contributed by atoms with van der Waals surface area (Å²) in [5.74, 6) is 0. The van der Waals surface area contributed by atoms with Crippen LogP contribution in [-0.2, 0) is 5.41 Å². The van der Waals surface area contributed by atoms with Crippen molar-refractivity contribution in [1.82, 2.24) is 15.2 Å². The maximum absolute atomic E-state index is 4.74. The fourth-order valence-electron chi connectivity index (χ4n) is 2.41. The Balaban J connectivity index is 2.92. The van der Waals surface area contributed by atoms with Crippen molar-refractivity contribution in [3.63, 3.8) is 0 Å². The molecular formula is C15H21N3. The molecule has 96 valence electrons. The van der Waals surface area contributed by atoms with E-state index in [9.17, 15) is 0 Å². The molecule has 0 saturated heterocycles. The molecule has 2 rings (SSSR count). The van der Waals surface area contributed by atoms with Gasteiger partial charge in [-0.15, -0.1) is 5.10 Å². The average molecular weight is 243 g/mol. The quantitative estimate of drug-likeness (QED) is 0.710. The van der Waals surface area contributed by atoms with E-state index in [2.05, 4.69) is 51.7 Å². The third-order valence-electron chi connectivity index (χ3n) is 3.66. The molecule has 0 bridgehead atoms. The highest BCUT2D eigenvalue weighted by Crippen LogP contribution is 2.30. The molecule has 18 heavy (non-hydrogen) atoms. The highest BCUT2D eigenvalue weighted by Gasteiger charge is 2.22. The van der Waals surface area contributed by atoms with Crippen LogP contribution in [0.3, 0.4) is 0 Å². The van der Waals surface area contributed by atoms with Gasteiger partial charge in [0.25, 0.3) is 0 Å². The molecule has 0 amide bonds. The van der Waals surface area contributed by atoms with E-state index < -0.39 is 0 Å². The fourth-order valence-corrected chi connectivity index (χ4v) is 2.41. The van der Waals surface area contributed by atoms with Crippen LogP contribution in [0.4, 0.5) is 0 Å². The lowest BCUT2D eigenvalue weighted by molar-refractivity contribution is 0.565. The van der Waals surface area contributed by atoms with Gasteiger partial charge in [0.05, 0.1) is 11.4 Å². The Bertz CT molecular complexity index is 622. The summed E-state index contributed by atoms with van der Waals surface area (Å²) in [5, 5.41) is 9.61. The number of hydrogen-bond donors (Lipinski definition) is 0. The zero-order chi connectivity index (χ0) is 13.7. The van der Waals surface area contributed by atoms with Crippen molar-refractivity contribution in [2.75, 3.05) is 0 Å². The van der Waals surface area contributed by atoms with E-state index in [-0.39, 0.29) is 5.41 Å². The molecule has 0 fully saturated rings. The summed E-state index contributed by atoms with van der Waals surface area (Å²) in [6, 6.07) is 0. The summed E-state index contributed by atoms with van der Waals surface area (Å²) in [6.45, 7) is 14.9. The van der Waals surface area contributed by atoms with Crippen LogP contribution in [0, 0.1) is 27.7 Å². The van der Waals surface area contributed by atoms with Crippen molar-refractivity contribution < 1.29 is 0 Å². The summed E-state index contributed by atoms with van der Waals surface area (Å²) in [4.78, 5) is 4.74. The Morgan fingerprint density at radius 2 is 1.39 bits per heavy atom. The summed E-state index contributed by atoms with van der Waals surface area (Å²) in [5.41, 5.74) is 6.63. The highest BCUT2D eigenvalue weighted by atomic mass is 15.1. The topological polar surface area (TPSA) is 38.7 Å². The van der Waals surface area contributed by atoms with Gasteiger partial charge in [0.15, 0.2) is 5.65 Å². The number of aryl methyl sites for hydroxylation is 3. The fraction of sp³-hybridized carbons (Fsp3) is 0.533. The van der Waals surface area contributed by atoms with Crippen LogP contribution in [0.15, 0.2) is 0 Å². The molecule has 0 aliphatic heterocycles. The minimum absolute atomic E-state index is 0.0313. The maximum atomic E-state index is 4.74. The van der Waals surface area contributed by atoms with Gasteiger partial charge < -0.3 is 0 Å². The first-order chi connectivity index (χ1) is 8.23. The monoisotopic (exact) mass is 243 g/mol. The van der Waals surface area contributed by atoms with E-state index in [1.54, 1.807) is 0 Å². The van der Waals surface area contributed by atoms with E-state index >= 15 is 0 Å². The second-order valence-electron chi connectivity index (χ2n) is 6.07. The van der Waals surface area contributed by atoms with Gasteiger partial charge in [-0.3, -0.25) is 0 Å². The van der Waals surface area contributed by atoms with Crippen molar-refractivity contribution in [3.8, 4) is 0 Å². The maximum Gasteiger partial charge on any atom is 0.182 e. The van der Waals surface area contributed by atoms with Gasteiger partial charge in [-0.25, -0.2) is 4.98 Å². The minimum atomic E-state index is 0.0313. The normalized spacial score (nSPS) is 12.2. The Morgan fingerprint density at radius 3 is 1.94 bits per heavy atom. The van der Waals surface area contributed by atoms with Gasteiger partial charge in [-0.1, -0.05) is 20.8 Å². The van der Waals surface area contributed by atoms with Gasteiger partial charge in [0.2, 0.25) is 0 Å². The average Bonchev–Trinajstić information content (AvgIpc) is 2.26. The van der Waals surface area contributed by atoms with Crippen LogP contribution in [0.25, 0.3) is 11.0 Å². The molecule has 0 aliphatic carbocycles. The van der Waals surface area contributed by atoms with Crippen LogP contribution in [0.1, 0.15) is 48.8 Å². The zero-order valence-electron chi connectivity index (χ0n) is 12.3. The predicted molar refractivity (Wildman–Crippen MR) is 75.0 cm³/mol. The number of rotatable bonds is 0. The number of pyridine rings is 1. The molecule has 0 spiro atoms. The second kappa shape index (κ2) is 4.01. The van der Waals surface area contributed by atoms with Gasteiger partial charge in [-0.05, 0) is 44.4 Å². The van der Waals surface area contributed by atoms with Crippen molar-refractivity contribution in [3.05, 3.63) is 28.1 Å². The summed E-state index contributed by atoms with van der Waals surface area (Å²) in [7, 11) is 0. The van der Waals surface area contributed by atoms with Crippen molar-refractivity contribution in [2.24, 2.45) is 0 Å². The third kappa shape index (κ3) is 1.88. The first-order valence-corrected chi connectivity index (χ1v) is 6.34. The van der Waals surface area contributed by atoms with E-state index in [4.69, 9.17) is 4.98 Å². The van der Waals surface area contributed by atoms with Crippen molar-refractivity contribution >= 4 is 11.0 Å². The van der Waals surface area contributed by atoms with E-state index in [0.29, 0.717) is 0 Å². The molecule has 0 radical (unpaired) electrons. The van der Waals surface area contributed by atoms with Gasteiger partial charge >= 0.3 is 0 Å². The molecule has 2 aromatic heterocycles. The molecule has 0 N–H and O–H groups in total. The summed E-state index contributed by atoms with van der Waals surface area (Å²) >= 11 is 0. The summed E-state index contributed by atoms with van der Waals surface area (Å²) < 4.78 is 0. The predicted octanol–water partition coefficient (Wildman–Crippen LogP) is 3.56. The Hall–Kier alpha value is -1.51. The van der Waals surface area contributed by atoms with Crippen LogP contribution in [0.5, 0.6) is 0 Å². The lowest BCUT2D eigenvalue weighted by Crippen LogP contribution is -2.17. The summed E-state index contributed by atoms with van der Waals surface area (Å²) in [6.07, 6.45) is 0. The minimum Gasteiger partial charge on any atom is -0.231 e. The molecule has 0 aromatic carbocycles. The first-order valence-electron chi connectivity index (χ1n) is 6.34. The number of fused-ring (bicyclic) bond motifs is 1. The number of nitrogens with zero attached hydrogens (tertiary/aromatic N) is 3. The molecule has 2 heterocycles. The second-order valence-corrected chi connectivity index (χ2v) is 6.07. The molecule has 0 unspecified atom stereocenters. The van der Waals surface area contributed by atoms with Crippen LogP contribution < -0.4 is 0 Å². The molecule has 3 heteroatoms. The van der Waals surface area contributed by atoms with Crippen molar-refractivity contribution in [1.29, 1.82) is 0 Å². The van der Waals surface area contributed by atoms with E-state index in [0.717, 1.165) is 22.4 Å². The third-order valence-corrected chi connectivity index (χ3v) is 3.66. The molecule has 3 nitrogen and oxygen atoms in total. The van der Waals surface area contributed by atoms with Gasteiger partial charge in [-0.2, -0.15) is 5.10 Å². The Morgan fingerprint density at radius 1 is 0.778 bits per heavy atom. The van der Waals surface area contributed by atoms with Gasteiger partial charge in [0.1, 0.15) is 0 Å². The molecule has 2 aromatic rings. The van der Waals surface area contributed by atoms with E-state index in [1.807, 2.05) is 6.92 Å². The number of hydrogen-bond acceptors (Lipinski definition) is 3. The Labute approximate surface area is 109 Å².